The largest absolute Gasteiger partial charge is 0.424 e. The third-order valence-electron chi connectivity index (χ3n) is 1.85. The maximum absolute atomic E-state index is 5.40. The summed E-state index contributed by atoms with van der Waals surface area (Å²) in [5, 5.41) is 14.7. The standard InChI is InChI=1S/2C5H7ClN2O/c2*1-2-4-7-8-5(3-6)9-4/h2*2-3H2,1H3. The number of rotatable bonds is 4. The molecular weight excluding hydrogens is 279 g/mol. The quantitative estimate of drug-likeness (QED) is 0.806. The molecule has 2 heterocycles. The van der Waals surface area contributed by atoms with E-state index in [-0.39, 0.29) is 0 Å². The van der Waals surface area contributed by atoms with Crippen LogP contribution >= 0.6 is 23.2 Å². The average molecular weight is 293 g/mol. The molecular formula is C10H14Cl2N4O2. The predicted molar refractivity (Wildman–Crippen MR) is 66.5 cm³/mol. The number of halogens is 2. The average Bonchev–Trinajstić information content (AvgIpc) is 3.07. The Morgan fingerprint density at radius 1 is 0.722 bits per heavy atom. The van der Waals surface area contributed by atoms with Crippen LogP contribution in [0, 0.1) is 0 Å². The van der Waals surface area contributed by atoms with Crippen LogP contribution in [0.3, 0.4) is 0 Å². The topological polar surface area (TPSA) is 77.8 Å². The molecule has 0 aliphatic carbocycles. The first kappa shape index (κ1) is 14.9. The summed E-state index contributed by atoms with van der Waals surface area (Å²) >= 11 is 10.8. The summed E-state index contributed by atoms with van der Waals surface area (Å²) in [6.45, 7) is 3.90. The van der Waals surface area contributed by atoms with Crippen LogP contribution in [-0.2, 0) is 24.6 Å². The van der Waals surface area contributed by atoms with Gasteiger partial charge in [0.25, 0.3) is 0 Å². The van der Waals surface area contributed by atoms with Gasteiger partial charge in [0.1, 0.15) is 11.8 Å². The summed E-state index contributed by atoms with van der Waals surface area (Å²) in [6, 6.07) is 0. The number of hydrogen-bond donors (Lipinski definition) is 0. The molecule has 0 unspecified atom stereocenters. The fraction of sp³-hybridized carbons (Fsp3) is 0.600. The Hall–Kier alpha value is -1.14. The van der Waals surface area contributed by atoms with E-state index in [1.165, 1.54) is 0 Å². The van der Waals surface area contributed by atoms with Crippen LogP contribution in [0.15, 0.2) is 8.83 Å². The number of hydrogen-bond acceptors (Lipinski definition) is 6. The van der Waals surface area contributed by atoms with E-state index >= 15 is 0 Å². The Labute approximate surface area is 115 Å². The number of alkyl halides is 2. The lowest BCUT2D eigenvalue weighted by Crippen LogP contribution is -1.76. The van der Waals surface area contributed by atoms with Crippen LogP contribution in [0.5, 0.6) is 0 Å². The molecule has 0 aromatic carbocycles. The van der Waals surface area contributed by atoms with Gasteiger partial charge in [0.2, 0.25) is 23.6 Å². The lowest BCUT2D eigenvalue weighted by molar-refractivity contribution is 0.468. The van der Waals surface area contributed by atoms with Crippen LogP contribution < -0.4 is 0 Å². The van der Waals surface area contributed by atoms with E-state index in [0.717, 1.165) is 12.8 Å². The smallest absolute Gasteiger partial charge is 0.231 e. The van der Waals surface area contributed by atoms with Gasteiger partial charge in [-0.15, -0.1) is 43.6 Å². The molecule has 0 bridgehead atoms. The van der Waals surface area contributed by atoms with Gasteiger partial charge in [0.15, 0.2) is 0 Å². The summed E-state index contributed by atoms with van der Waals surface area (Å²) in [4.78, 5) is 0. The molecule has 0 saturated heterocycles. The normalized spacial score (nSPS) is 10.0. The molecule has 0 N–H and O–H groups in total. The zero-order valence-electron chi connectivity index (χ0n) is 10.2. The molecule has 2 aromatic rings. The highest BCUT2D eigenvalue weighted by Crippen LogP contribution is 2.02. The first-order valence-electron chi connectivity index (χ1n) is 5.47. The third-order valence-corrected chi connectivity index (χ3v) is 2.31. The fourth-order valence-electron chi connectivity index (χ4n) is 0.970. The van der Waals surface area contributed by atoms with Gasteiger partial charge in [0, 0.05) is 12.8 Å². The van der Waals surface area contributed by atoms with Gasteiger partial charge in [0.05, 0.1) is 0 Å². The maximum atomic E-state index is 5.40. The molecule has 2 aromatic heterocycles. The van der Waals surface area contributed by atoms with Crippen molar-refractivity contribution in [3.8, 4) is 0 Å². The lowest BCUT2D eigenvalue weighted by atomic mass is 10.5. The van der Waals surface area contributed by atoms with Crippen LogP contribution in [0.4, 0.5) is 0 Å². The van der Waals surface area contributed by atoms with Crippen molar-refractivity contribution in [3.63, 3.8) is 0 Å². The summed E-state index contributed by atoms with van der Waals surface area (Å²) in [7, 11) is 0. The Kier molecular flexibility index (Phi) is 6.67. The monoisotopic (exact) mass is 292 g/mol. The summed E-state index contributed by atoms with van der Waals surface area (Å²) in [5.41, 5.74) is 0. The minimum absolute atomic E-state index is 0.299. The summed E-state index contributed by atoms with van der Waals surface area (Å²) in [6.07, 6.45) is 1.54. The van der Waals surface area contributed by atoms with Gasteiger partial charge in [-0.2, -0.15) is 0 Å². The molecule has 6 nitrogen and oxygen atoms in total. The molecule has 0 saturated carbocycles. The van der Waals surface area contributed by atoms with Gasteiger partial charge in [-0.1, -0.05) is 13.8 Å². The van der Waals surface area contributed by atoms with Crippen LogP contribution in [0.2, 0.25) is 0 Å². The molecule has 8 heteroatoms. The highest BCUT2D eigenvalue weighted by Gasteiger charge is 2.00. The number of aromatic nitrogens is 4. The van der Waals surface area contributed by atoms with Crippen molar-refractivity contribution >= 4 is 23.2 Å². The van der Waals surface area contributed by atoms with E-state index in [1.54, 1.807) is 0 Å². The lowest BCUT2D eigenvalue weighted by Gasteiger charge is -1.80. The van der Waals surface area contributed by atoms with Crippen molar-refractivity contribution in [2.75, 3.05) is 0 Å². The van der Waals surface area contributed by atoms with E-state index in [9.17, 15) is 0 Å². The van der Waals surface area contributed by atoms with Crippen molar-refractivity contribution in [3.05, 3.63) is 23.6 Å². The van der Waals surface area contributed by atoms with Crippen LogP contribution in [-0.4, -0.2) is 20.4 Å². The minimum Gasteiger partial charge on any atom is -0.424 e. The first-order chi connectivity index (χ1) is 8.73. The van der Waals surface area contributed by atoms with E-state index in [4.69, 9.17) is 32.0 Å². The second-order valence-corrected chi connectivity index (χ2v) is 3.69. The molecule has 0 amide bonds. The van der Waals surface area contributed by atoms with Crippen LogP contribution in [0.1, 0.15) is 37.4 Å². The third kappa shape index (κ3) is 4.62. The summed E-state index contributed by atoms with van der Waals surface area (Å²) in [5.74, 6) is 2.87. The van der Waals surface area contributed by atoms with Gasteiger partial charge < -0.3 is 8.83 Å². The van der Waals surface area contributed by atoms with Gasteiger partial charge in [-0.05, 0) is 0 Å². The predicted octanol–water partition coefficient (Wildman–Crippen LogP) is 2.74. The van der Waals surface area contributed by atoms with E-state index in [2.05, 4.69) is 20.4 Å². The van der Waals surface area contributed by atoms with Crippen molar-refractivity contribution in [1.29, 1.82) is 0 Å². The fourth-order valence-corrected chi connectivity index (χ4v) is 1.19. The Bertz CT molecular complexity index is 379. The molecule has 0 spiro atoms. The number of nitrogens with zero attached hydrogens (tertiary/aromatic N) is 4. The molecule has 0 aliphatic heterocycles. The van der Waals surface area contributed by atoms with Crippen molar-refractivity contribution in [2.45, 2.75) is 38.4 Å². The highest BCUT2D eigenvalue weighted by molar-refractivity contribution is 6.16. The Morgan fingerprint density at radius 3 is 1.22 bits per heavy atom. The van der Waals surface area contributed by atoms with E-state index in [0.29, 0.717) is 35.3 Å². The molecule has 18 heavy (non-hydrogen) atoms. The zero-order chi connectivity index (χ0) is 13.4. The zero-order valence-corrected chi connectivity index (χ0v) is 11.7. The molecule has 0 fully saturated rings. The van der Waals surface area contributed by atoms with E-state index in [1.807, 2.05) is 13.8 Å². The molecule has 0 atom stereocenters. The maximum Gasteiger partial charge on any atom is 0.231 e. The van der Waals surface area contributed by atoms with Crippen LogP contribution in [0.25, 0.3) is 0 Å². The number of aryl methyl sites for hydroxylation is 2. The SMILES string of the molecule is CCc1nnc(CCl)o1.CCc1nnc(CCl)o1. The molecule has 100 valence electrons. The molecule has 0 radical (unpaired) electrons. The van der Waals surface area contributed by atoms with Gasteiger partial charge in [-0.3, -0.25) is 0 Å². The first-order valence-corrected chi connectivity index (χ1v) is 6.54. The van der Waals surface area contributed by atoms with Gasteiger partial charge in [-0.25, -0.2) is 0 Å². The highest BCUT2D eigenvalue weighted by atomic mass is 35.5. The van der Waals surface area contributed by atoms with Crippen molar-refractivity contribution in [1.82, 2.24) is 20.4 Å². The van der Waals surface area contributed by atoms with Gasteiger partial charge >= 0.3 is 0 Å². The minimum atomic E-state index is 0.299. The van der Waals surface area contributed by atoms with Crippen molar-refractivity contribution < 1.29 is 8.83 Å². The Morgan fingerprint density at radius 2 is 1.06 bits per heavy atom. The second kappa shape index (κ2) is 8.05. The molecule has 0 aliphatic rings. The molecule has 2 rings (SSSR count). The Balaban J connectivity index is 0.000000180. The summed E-state index contributed by atoms with van der Waals surface area (Å²) < 4.78 is 10.1. The second-order valence-electron chi connectivity index (χ2n) is 3.15. The van der Waals surface area contributed by atoms with E-state index < -0.39 is 0 Å². The van der Waals surface area contributed by atoms with Crippen molar-refractivity contribution in [2.24, 2.45) is 0 Å².